The zero-order valence-corrected chi connectivity index (χ0v) is 10.4. The molecule has 0 unspecified atom stereocenters. The number of hydrogen-bond acceptors (Lipinski definition) is 2. The second-order valence-electron chi connectivity index (χ2n) is 2.79. The Bertz CT molecular complexity index is 258. The van der Waals surface area contributed by atoms with Crippen molar-refractivity contribution in [2.24, 2.45) is 0 Å². The van der Waals surface area contributed by atoms with Crippen LogP contribution >= 0.6 is 24.8 Å². The van der Waals surface area contributed by atoms with Crippen LogP contribution in [-0.4, -0.2) is 14.2 Å². The fraction of sp³-hybridized carbons (Fsp3) is 0.400. The number of methoxy groups -OCH3 is 2. The molecule has 0 aliphatic heterocycles. The van der Waals surface area contributed by atoms with E-state index in [1.165, 1.54) is 0 Å². The van der Waals surface area contributed by atoms with Gasteiger partial charge < -0.3 is 9.47 Å². The van der Waals surface area contributed by atoms with Gasteiger partial charge in [-0.1, -0.05) is 0 Å². The third-order valence-electron chi connectivity index (χ3n) is 1.91. The molecule has 14 heavy (non-hydrogen) atoms. The molecule has 0 aliphatic carbocycles. The van der Waals surface area contributed by atoms with E-state index in [-0.39, 0.29) is 24.8 Å². The third-order valence-corrected chi connectivity index (χ3v) is 1.91. The van der Waals surface area contributed by atoms with Crippen molar-refractivity contribution >= 4 is 24.8 Å². The second kappa shape index (κ2) is 6.80. The molecule has 0 bridgehead atoms. The predicted molar refractivity (Wildman–Crippen MR) is 63.5 cm³/mol. The summed E-state index contributed by atoms with van der Waals surface area (Å²) in [6.45, 7) is 4.00. The maximum Gasteiger partial charge on any atom is 0.122 e. The third kappa shape index (κ3) is 3.28. The van der Waals surface area contributed by atoms with Crippen LogP contribution in [0, 0.1) is 13.8 Å². The van der Waals surface area contributed by atoms with Gasteiger partial charge in [0.1, 0.15) is 11.5 Å². The van der Waals surface area contributed by atoms with Crippen molar-refractivity contribution in [2.45, 2.75) is 13.8 Å². The van der Waals surface area contributed by atoms with E-state index in [1.54, 1.807) is 14.2 Å². The van der Waals surface area contributed by atoms with Gasteiger partial charge in [-0.3, -0.25) is 0 Å². The van der Waals surface area contributed by atoms with Crippen molar-refractivity contribution in [1.82, 2.24) is 0 Å². The minimum atomic E-state index is 0. The monoisotopic (exact) mass is 238 g/mol. The lowest BCUT2D eigenvalue weighted by Crippen LogP contribution is -1.92. The smallest absolute Gasteiger partial charge is 0.122 e. The Labute approximate surface area is 97.4 Å². The van der Waals surface area contributed by atoms with Crippen LogP contribution in [-0.2, 0) is 0 Å². The molecule has 0 N–H and O–H groups in total. The van der Waals surface area contributed by atoms with Gasteiger partial charge in [-0.15, -0.1) is 24.8 Å². The van der Waals surface area contributed by atoms with Crippen molar-refractivity contribution in [3.8, 4) is 11.5 Å². The van der Waals surface area contributed by atoms with Gasteiger partial charge >= 0.3 is 0 Å². The molecule has 0 radical (unpaired) electrons. The number of aryl methyl sites for hydroxylation is 2. The lowest BCUT2D eigenvalue weighted by molar-refractivity contribution is 0.398. The Balaban J connectivity index is 0. The van der Waals surface area contributed by atoms with Crippen LogP contribution in [0.3, 0.4) is 0 Å². The fourth-order valence-electron chi connectivity index (χ4n) is 1.20. The fourth-order valence-corrected chi connectivity index (χ4v) is 1.20. The van der Waals surface area contributed by atoms with Crippen molar-refractivity contribution < 1.29 is 9.47 Å². The molecule has 1 aromatic carbocycles. The van der Waals surface area contributed by atoms with Crippen LogP contribution < -0.4 is 9.47 Å². The number of benzene rings is 1. The molecule has 1 rings (SSSR count). The first-order valence-electron chi connectivity index (χ1n) is 3.88. The van der Waals surface area contributed by atoms with Gasteiger partial charge in [0, 0.05) is 0 Å². The van der Waals surface area contributed by atoms with Crippen LogP contribution in [0.5, 0.6) is 11.5 Å². The Morgan fingerprint density at radius 3 is 1.29 bits per heavy atom. The molecule has 0 spiro atoms. The van der Waals surface area contributed by atoms with Crippen molar-refractivity contribution in [1.29, 1.82) is 0 Å². The van der Waals surface area contributed by atoms with Gasteiger partial charge in [0.05, 0.1) is 14.2 Å². The Hall–Kier alpha value is -0.600. The summed E-state index contributed by atoms with van der Waals surface area (Å²) in [5.41, 5.74) is 2.19. The van der Waals surface area contributed by atoms with Gasteiger partial charge in [-0.05, 0) is 37.1 Å². The maximum absolute atomic E-state index is 5.17. The number of ether oxygens (including phenoxy) is 2. The van der Waals surface area contributed by atoms with Crippen LogP contribution in [0.1, 0.15) is 11.1 Å². The highest BCUT2D eigenvalue weighted by molar-refractivity contribution is 5.85. The highest BCUT2D eigenvalue weighted by atomic mass is 35.5. The largest absolute Gasteiger partial charge is 0.496 e. The van der Waals surface area contributed by atoms with E-state index in [2.05, 4.69) is 0 Å². The van der Waals surface area contributed by atoms with Crippen LogP contribution in [0.25, 0.3) is 0 Å². The topological polar surface area (TPSA) is 18.5 Å². The summed E-state index contributed by atoms with van der Waals surface area (Å²) in [4.78, 5) is 0. The average Bonchev–Trinajstić information content (AvgIpc) is 2.08. The molecule has 82 valence electrons. The van der Waals surface area contributed by atoms with Gasteiger partial charge in [-0.2, -0.15) is 0 Å². The summed E-state index contributed by atoms with van der Waals surface area (Å²) >= 11 is 0. The lowest BCUT2D eigenvalue weighted by Gasteiger charge is -2.09. The van der Waals surface area contributed by atoms with Crippen LogP contribution in [0.15, 0.2) is 12.1 Å². The average molecular weight is 239 g/mol. The van der Waals surface area contributed by atoms with E-state index in [0.717, 1.165) is 22.6 Å². The predicted octanol–water partition coefficient (Wildman–Crippen LogP) is 3.16. The van der Waals surface area contributed by atoms with Crippen molar-refractivity contribution in [3.63, 3.8) is 0 Å². The molecule has 0 aliphatic rings. The van der Waals surface area contributed by atoms with Crippen LogP contribution in [0.4, 0.5) is 0 Å². The summed E-state index contributed by atoms with van der Waals surface area (Å²) in [5, 5.41) is 0. The molecule has 0 saturated heterocycles. The van der Waals surface area contributed by atoms with Crippen LogP contribution in [0.2, 0.25) is 0 Å². The summed E-state index contributed by atoms with van der Waals surface area (Å²) in [6.07, 6.45) is 0. The minimum absolute atomic E-state index is 0. The van der Waals surface area contributed by atoms with Crippen molar-refractivity contribution in [3.05, 3.63) is 23.3 Å². The van der Waals surface area contributed by atoms with E-state index in [9.17, 15) is 0 Å². The van der Waals surface area contributed by atoms with E-state index in [0.29, 0.717) is 0 Å². The summed E-state index contributed by atoms with van der Waals surface area (Å²) in [7, 11) is 3.35. The maximum atomic E-state index is 5.17. The second-order valence-corrected chi connectivity index (χ2v) is 2.79. The molecule has 2 nitrogen and oxygen atoms in total. The molecular formula is C10H16Cl2O2. The van der Waals surface area contributed by atoms with Gasteiger partial charge in [-0.25, -0.2) is 0 Å². The van der Waals surface area contributed by atoms with Gasteiger partial charge in [0.15, 0.2) is 0 Å². The zero-order valence-electron chi connectivity index (χ0n) is 8.79. The Morgan fingerprint density at radius 1 is 0.786 bits per heavy atom. The summed E-state index contributed by atoms with van der Waals surface area (Å²) in [6, 6.07) is 3.96. The number of rotatable bonds is 2. The lowest BCUT2D eigenvalue weighted by atomic mass is 10.1. The molecule has 0 saturated carbocycles. The molecule has 4 heteroatoms. The van der Waals surface area contributed by atoms with E-state index in [1.807, 2.05) is 26.0 Å². The standard InChI is InChI=1S/C10H14O2.2ClH/c1-7-5-10(12-4)8(2)6-9(7)11-3;;/h5-6H,1-4H3;2*1H. The molecule has 0 atom stereocenters. The Morgan fingerprint density at radius 2 is 1.07 bits per heavy atom. The molecule has 0 amide bonds. The summed E-state index contributed by atoms with van der Waals surface area (Å²) < 4.78 is 10.3. The first-order chi connectivity index (χ1) is 5.69. The first-order valence-corrected chi connectivity index (χ1v) is 3.88. The highest BCUT2D eigenvalue weighted by Crippen LogP contribution is 2.26. The minimum Gasteiger partial charge on any atom is -0.496 e. The van der Waals surface area contributed by atoms with E-state index >= 15 is 0 Å². The van der Waals surface area contributed by atoms with Gasteiger partial charge in [0.25, 0.3) is 0 Å². The highest BCUT2D eigenvalue weighted by Gasteiger charge is 2.03. The first kappa shape index (κ1) is 15.9. The zero-order chi connectivity index (χ0) is 9.14. The normalized spacial score (nSPS) is 8.29. The molecular weight excluding hydrogens is 223 g/mol. The van der Waals surface area contributed by atoms with E-state index in [4.69, 9.17) is 9.47 Å². The quantitative estimate of drug-likeness (QED) is 0.789. The SMILES string of the molecule is COc1cc(C)c(OC)cc1C.Cl.Cl. The van der Waals surface area contributed by atoms with Crippen molar-refractivity contribution in [2.75, 3.05) is 14.2 Å². The molecule has 0 heterocycles. The Kier molecular flexibility index (Phi) is 7.69. The molecule has 0 fully saturated rings. The summed E-state index contributed by atoms with van der Waals surface area (Å²) in [5.74, 6) is 1.82. The molecule has 0 aromatic heterocycles. The van der Waals surface area contributed by atoms with E-state index < -0.39 is 0 Å². The number of halogens is 2. The number of hydrogen-bond donors (Lipinski definition) is 0. The molecule has 1 aromatic rings. The van der Waals surface area contributed by atoms with Gasteiger partial charge in [0.2, 0.25) is 0 Å².